The van der Waals surface area contributed by atoms with E-state index in [1.807, 2.05) is 0 Å². The van der Waals surface area contributed by atoms with Gasteiger partial charge in [-0.25, -0.2) is 4.79 Å². The highest BCUT2D eigenvalue weighted by Gasteiger charge is 2.13. The fraction of sp³-hybridized carbons (Fsp3) is 0.167. The highest BCUT2D eigenvalue weighted by atomic mass is 16.5. The summed E-state index contributed by atoms with van der Waals surface area (Å²) < 4.78 is 14.9. The Bertz CT molecular complexity index is 786. The number of esters is 1. The normalized spacial score (nSPS) is 10.6. The first kappa shape index (κ1) is 17.8. The second-order valence-corrected chi connectivity index (χ2v) is 4.88. The van der Waals surface area contributed by atoms with Gasteiger partial charge in [0.05, 0.1) is 19.9 Å². The first-order valence-electron chi connectivity index (χ1n) is 7.34. The highest BCUT2D eigenvalue weighted by molar-refractivity contribution is 5.98. The van der Waals surface area contributed by atoms with Gasteiger partial charge in [-0.05, 0) is 35.9 Å². The van der Waals surface area contributed by atoms with Crippen LogP contribution in [-0.4, -0.2) is 25.6 Å². The molecule has 1 heterocycles. The molecule has 7 heteroatoms. The van der Waals surface area contributed by atoms with Crippen LogP contribution in [-0.2, 0) is 20.9 Å². The summed E-state index contributed by atoms with van der Waals surface area (Å²) in [6.45, 7) is -0.294. The summed E-state index contributed by atoms with van der Waals surface area (Å²) in [7, 11) is 1.54. The van der Waals surface area contributed by atoms with Crippen molar-refractivity contribution in [2.45, 2.75) is 6.54 Å². The summed E-state index contributed by atoms with van der Waals surface area (Å²) in [6, 6.07) is 12.0. The molecule has 0 bridgehead atoms. The predicted molar refractivity (Wildman–Crippen MR) is 88.1 cm³/mol. The third-order valence-electron chi connectivity index (χ3n) is 3.14. The summed E-state index contributed by atoms with van der Waals surface area (Å²) in [5, 5.41) is 11.6. The smallest absolute Gasteiger partial charge is 0.349 e. The minimum atomic E-state index is -0.869. The van der Waals surface area contributed by atoms with Gasteiger partial charge in [-0.2, -0.15) is 5.26 Å². The Kier molecular flexibility index (Phi) is 6.37. The molecule has 1 amide bonds. The number of rotatable bonds is 7. The molecule has 0 aliphatic heterocycles. The monoisotopic (exact) mass is 340 g/mol. The topological polar surface area (TPSA) is 102 Å². The number of benzene rings is 1. The average Bonchev–Trinajstić information content (AvgIpc) is 3.16. The van der Waals surface area contributed by atoms with E-state index in [-0.39, 0.29) is 12.1 Å². The third-order valence-corrected chi connectivity index (χ3v) is 3.14. The van der Waals surface area contributed by atoms with Gasteiger partial charge in [0.1, 0.15) is 23.2 Å². The number of nitrogens with zero attached hydrogens (tertiary/aromatic N) is 1. The molecular formula is C18H16N2O5. The molecule has 0 aliphatic rings. The van der Waals surface area contributed by atoms with Crippen LogP contribution in [0.4, 0.5) is 0 Å². The molecule has 0 unspecified atom stereocenters. The Hall–Kier alpha value is -3.53. The lowest BCUT2D eigenvalue weighted by molar-refractivity contribution is -0.144. The first-order chi connectivity index (χ1) is 12.1. The van der Waals surface area contributed by atoms with Crippen molar-refractivity contribution in [1.29, 1.82) is 5.26 Å². The van der Waals surface area contributed by atoms with Crippen LogP contribution in [0.25, 0.3) is 6.08 Å². The summed E-state index contributed by atoms with van der Waals surface area (Å²) in [6.07, 6.45) is 2.87. The van der Waals surface area contributed by atoms with Gasteiger partial charge in [0.15, 0.2) is 6.61 Å². The van der Waals surface area contributed by atoms with E-state index in [2.05, 4.69) is 5.32 Å². The number of carbonyl (C=O) groups is 2. The summed E-state index contributed by atoms with van der Waals surface area (Å²) >= 11 is 0. The van der Waals surface area contributed by atoms with Gasteiger partial charge in [-0.1, -0.05) is 12.1 Å². The number of ether oxygens (including phenoxy) is 2. The molecule has 0 atom stereocenters. The number of methoxy groups -OCH3 is 1. The molecular weight excluding hydrogens is 324 g/mol. The van der Waals surface area contributed by atoms with E-state index in [9.17, 15) is 9.59 Å². The first-order valence-corrected chi connectivity index (χ1v) is 7.34. The van der Waals surface area contributed by atoms with Gasteiger partial charge >= 0.3 is 5.97 Å². The van der Waals surface area contributed by atoms with Gasteiger partial charge in [-0.3, -0.25) is 4.79 Å². The molecule has 2 aromatic rings. The molecule has 1 N–H and O–H groups in total. The van der Waals surface area contributed by atoms with Crippen molar-refractivity contribution in [3.63, 3.8) is 0 Å². The van der Waals surface area contributed by atoms with Crippen LogP contribution in [0.3, 0.4) is 0 Å². The predicted octanol–water partition coefficient (Wildman–Crippen LogP) is 2.05. The van der Waals surface area contributed by atoms with Crippen molar-refractivity contribution in [1.82, 2.24) is 5.32 Å². The Morgan fingerprint density at radius 3 is 2.64 bits per heavy atom. The zero-order valence-electron chi connectivity index (χ0n) is 13.5. The maximum absolute atomic E-state index is 11.9. The van der Waals surface area contributed by atoms with Crippen molar-refractivity contribution in [3.8, 4) is 11.8 Å². The number of nitrogens with one attached hydrogen (secondary N) is 1. The lowest BCUT2D eigenvalue weighted by atomic mass is 10.1. The molecule has 2 rings (SSSR count). The third kappa shape index (κ3) is 5.55. The fourth-order valence-corrected chi connectivity index (χ4v) is 1.86. The standard InChI is InChI=1S/C18H16N2O5/c1-23-15-6-4-13(5-7-15)9-14(10-19)18(22)25-12-17(21)20-11-16-3-2-8-24-16/h2-9H,11-12H2,1H3,(H,20,21)/b14-9+. The van der Waals surface area contributed by atoms with E-state index in [0.717, 1.165) is 0 Å². The number of carbonyl (C=O) groups excluding carboxylic acids is 2. The second kappa shape index (κ2) is 8.93. The van der Waals surface area contributed by atoms with Crippen LogP contribution < -0.4 is 10.1 Å². The van der Waals surface area contributed by atoms with Crippen molar-refractivity contribution < 1.29 is 23.5 Å². The van der Waals surface area contributed by atoms with Crippen molar-refractivity contribution in [2.24, 2.45) is 0 Å². The molecule has 0 spiro atoms. The maximum Gasteiger partial charge on any atom is 0.349 e. The molecule has 0 fully saturated rings. The highest BCUT2D eigenvalue weighted by Crippen LogP contribution is 2.14. The molecule has 7 nitrogen and oxygen atoms in total. The quantitative estimate of drug-likeness (QED) is 0.470. The van der Waals surface area contributed by atoms with Crippen molar-refractivity contribution >= 4 is 18.0 Å². The van der Waals surface area contributed by atoms with Crippen LogP contribution in [0.15, 0.2) is 52.7 Å². The molecule has 0 saturated heterocycles. The van der Waals surface area contributed by atoms with Crippen molar-refractivity contribution in [2.75, 3.05) is 13.7 Å². The second-order valence-electron chi connectivity index (χ2n) is 4.88. The number of hydrogen-bond acceptors (Lipinski definition) is 6. The number of furan rings is 1. The molecule has 0 saturated carbocycles. The minimum absolute atomic E-state index is 0.191. The molecule has 1 aromatic heterocycles. The van der Waals surface area contributed by atoms with Gasteiger partial charge in [-0.15, -0.1) is 0 Å². The zero-order valence-corrected chi connectivity index (χ0v) is 13.5. The zero-order chi connectivity index (χ0) is 18.1. The molecule has 25 heavy (non-hydrogen) atoms. The van der Waals surface area contributed by atoms with E-state index >= 15 is 0 Å². The maximum atomic E-state index is 11.9. The van der Waals surface area contributed by atoms with E-state index < -0.39 is 18.5 Å². The number of hydrogen-bond donors (Lipinski definition) is 1. The van der Waals surface area contributed by atoms with Crippen LogP contribution in [0.2, 0.25) is 0 Å². The van der Waals surface area contributed by atoms with E-state index in [1.165, 1.54) is 12.3 Å². The van der Waals surface area contributed by atoms with Crippen molar-refractivity contribution in [3.05, 3.63) is 59.6 Å². The molecule has 128 valence electrons. The largest absolute Gasteiger partial charge is 0.497 e. The Morgan fingerprint density at radius 2 is 2.04 bits per heavy atom. The van der Waals surface area contributed by atoms with Crippen LogP contribution in [0.1, 0.15) is 11.3 Å². The number of nitriles is 1. The number of amides is 1. The fourth-order valence-electron chi connectivity index (χ4n) is 1.86. The lowest BCUT2D eigenvalue weighted by Crippen LogP contribution is -2.28. The summed E-state index contributed by atoms with van der Waals surface area (Å²) in [5.41, 5.74) is 0.431. The van der Waals surface area contributed by atoms with Crippen LogP contribution in [0, 0.1) is 11.3 Å². The summed E-state index contributed by atoms with van der Waals surface area (Å²) in [5.74, 6) is -0.124. The van der Waals surface area contributed by atoms with Gasteiger partial charge in [0, 0.05) is 0 Å². The average molecular weight is 340 g/mol. The Balaban J connectivity index is 1.87. The molecule has 0 radical (unpaired) electrons. The van der Waals surface area contributed by atoms with Gasteiger partial charge in [0.25, 0.3) is 5.91 Å². The molecule has 0 aliphatic carbocycles. The van der Waals surface area contributed by atoms with E-state index in [1.54, 1.807) is 49.6 Å². The SMILES string of the molecule is COc1ccc(/C=C(\C#N)C(=O)OCC(=O)NCc2ccco2)cc1. The minimum Gasteiger partial charge on any atom is -0.497 e. The van der Waals surface area contributed by atoms with E-state index in [0.29, 0.717) is 17.1 Å². The van der Waals surface area contributed by atoms with Gasteiger partial charge < -0.3 is 19.2 Å². The summed E-state index contributed by atoms with van der Waals surface area (Å²) in [4.78, 5) is 23.5. The van der Waals surface area contributed by atoms with Crippen LogP contribution in [0.5, 0.6) is 5.75 Å². The molecule has 1 aromatic carbocycles. The lowest BCUT2D eigenvalue weighted by Gasteiger charge is -2.05. The van der Waals surface area contributed by atoms with E-state index in [4.69, 9.17) is 19.2 Å². The Morgan fingerprint density at radius 1 is 1.28 bits per heavy atom. The van der Waals surface area contributed by atoms with Gasteiger partial charge in [0.2, 0.25) is 0 Å². The van der Waals surface area contributed by atoms with Crippen LogP contribution >= 0.6 is 0 Å². The Labute approximate surface area is 144 Å².